The van der Waals surface area contributed by atoms with Gasteiger partial charge in [0.1, 0.15) is 22.7 Å². The number of esters is 1. The van der Waals surface area contributed by atoms with Gasteiger partial charge in [0.05, 0.1) is 24.6 Å². The lowest BCUT2D eigenvalue weighted by Crippen LogP contribution is -2.37. The summed E-state index contributed by atoms with van der Waals surface area (Å²) in [6.07, 6.45) is 0.430. The zero-order valence-corrected chi connectivity index (χ0v) is 19.5. The molecule has 5 rings (SSSR count). The molecule has 1 aromatic carbocycles. The van der Waals surface area contributed by atoms with Gasteiger partial charge in [0.15, 0.2) is 6.10 Å². The Labute approximate surface area is 198 Å². The number of fused-ring (bicyclic) bond motifs is 1. The maximum atomic E-state index is 13.7. The summed E-state index contributed by atoms with van der Waals surface area (Å²) in [6.45, 7) is 3.59. The predicted octanol–water partition coefficient (Wildman–Crippen LogP) is 4.45. The Morgan fingerprint density at radius 1 is 1.12 bits per heavy atom. The van der Waals surface area contributed by atoms with Crippen LogP contribution in [0.3, 0.4) is 0 Å². The van der Waals surface area contributed by atoms with E-state index in [1.165, 1.54) is 29.8 Å². The number of amides is 2. The lowest BCUT2D eigenvalue weighted by atomic mass is 9.94. The molecule has 2 saturated heterocycles. The fourth-order valence-corrected chi connectivity index (χ4v) is 5.56. The Hall–Kier alpha value is -3.14. The highest BCUT2D eigenvalue weighted by molar-refractivity contribution is 7.17. The maximum Gasteiger partial charge on any atom is 0.341 e. The molecule has 0 N–H and O–H groups in total. The fraction of sp³-hybridized carbons (Fsp3) is 0.261. The van der Waals surface area contributed by atoms with E-state index in [9.17, 15) is 14.4 Å². The lowest BCUT2D eigenvalue weighted by Gasteiger charge is -2.27. The Bertz CT molecular complexity index is 1250. The molecule has 0 radical (unpaired) electrons. The third-order valence-corrected chi connectivity index (χ3v) is 7.43. The van der Waals surface area contributed by atoms with Crippen LogP contribution in [0.15, 0.2) is 47.1 Å². The van der Waals surface area contributed by atoms with Crippen LogP contribution < -0.4 is 9.96 Å². The molecular formula is C23H19ClN2O6S. The number of thiophene rings is 1. The van der Waals surface area contributed by atoms with Crippen LogP contribution in [0, 0.1) is 19.8 Å². The monoisotopic (exact) mass is 486 g/mol. The van der Waals surface area contributed by atoms with Crippen LogP contribution in [0.25, 0.3) is 0 Å². The van der Waals surface area contributed by atoms with Crippen molar-refractivity contribution in [2.45, 2.75) is 26.0 Å². The van der Waals surface area contributed by atoms with Crippen LogP contribution in [-0.2, 0) is 19.2 Å². The molecule has 2 aromatic heterocycles. The van der Waals surface area contributed by atoms with E-state index in [4.69, 9.17) is 25.6 Å². The van der Waals surface area contributed by atoms with Crippen LogP contribution >= 0.6 is 22.9 Å². The van der Waals surface area contributed by atoms with Gasteiger partial charge >= 0.3 is 5.97 Å². The Kier molecular flexibility index (Phi) is 5.27. The number of rotatable bonds is 4. The Balaban J connectivity index is 1.59. The molecule has 0 spiro atoms. The standard InChI is InChI=1S/C23H19ClN2O6S/c1-11-12(2)33-22(16(11)23(29)30-3)25-20(27)17-18(15-5-4-10-31-15)26(32-19(17)21(25)28)14-8-6-13(24)7-9-14/h4-10,17-19H,1-3H3/t17-,18+,19+/m1/s1. The highest BCUT2D eigenvalue weighted by Gasteiger charge is 2.61. The Morgan fingerprint density at radius 3 is 2.48 bits per heavy atom. The highest BCUT2D eigenvalue weighted by atomic mass is 35.5. The zero-order chi connectivity index (χ0) is 23.4. The molecule has 0 aliphatic carbocycles. The number of furan rings is 1. The van der Waals surface area contributed by atoms with Crippen molar-refractivity contribution in [3.63, 3.8) is 0 Å². The zero-order valence-electron chi connectivity index (χ0n) is 17.9. The first-order chi connectivity index (χ1) is 15.8. The number of hydrogen-bond acceptors (Lipinski definition) is 8. The van der Waals surface area contributed by atoms with E-state index in [0.29, 0.717) is 22.0 Å². The Morgan fingerprint density at radius 2 is 1.85 bits per heavy atom. The van der Waals surface area contributed by atoms with Crippen LogP contribution in [0.1, 0.15) is 32.6 Å². The van der Waals surface area contributed by atoms with Crippen LogP contribution in [0.4, 0.5) is 10.7 Å². The largest absolute Gasteiger partial charge is 0.467 e. The number of methoxy groups -OCH3 is 1. The van der Waals surface area contributed by atoms with E-state index < -0.39 is 35.8 Å². The molecule has 2 fully saturated rings. The van der Waals surface area contributed by atoms with Gasteiger partial charge in [-0.2, -0.15) is 0 Å². The number of hydroxylamine groups is 1. The summed E-state index contributed by atoms with van der Waals surface area (Å²) in [5, 5.41) is 2.31. The number of ether oxygens (including phenoxy) is 1. The molecule has 3 aromatic rings. The van der Waals surface area contributed by atoms with Crippen molar-refractivity contribution >= 4 is 51.4 Å². The minimum atomic E-state index is -1.07. The normalized spacial score (nSPS) is 22.2. The topological polar surface area (TPSA) is 89.3 Å². The molecule has 2 aliphatic rings. The van der Waals surface area contributed by atoms with Gasteiger partial charge in [-0.1, -0.05) is 11.6 Å². The molecular weight excluding hydrogens is 468 g/mol. The molecule has 170 valence electrons. The van der Waals surface area contributed by atoms with Crippen molar-refractivity contribution in [1.82, 2.24) is 0 Å². The van der Waals surface area contributed by atoms with Crippen molar-refractivity contribution in [3.05, 3.63) is 69.4 Å². The second kappa shape index (κ2) is 8.02. The first-order valence-electron chi connectivity index (χ1n) is 10.1. The number of carbonyl (C=O) groups excluding carboxylic acids is 3. The van der Waals surface area contributed by atoms with Gasteiger partial charge in [-0.3, -0.25) is 14.4 Å². The molecule has 10 heteroatoms. The fourth-order valence-electron chi connectivity index (χ4n) is 4.28. The van der Waals surface area contributed by atoms with Gasteiger partial charge in [0.2, 0.25) is 5.91 Å². The first-order valence-corrected chi connectivity index (χ1v) is 11.3. The van der Waals surface area contributed by atoms with E-state index in [1.54, 1.807) is 43.3 Å². The van der Waals surface area contributed by atoms with Crippen molar-refractivity contribution in [2.24, 2.45) is 5.92 Å². The molecule has 4 heterocycles. The van der Waals surface area contributed by atoms with Crippen LogP contribution in [0.5, 0.6) is 0 Å². The van der Waals surface area contributed by atoms with Gasteiger partial charge in [-0.15, -0.1) is 11.3 Å². The summed E-state index contributed by atoms with van der Waals surface area (Å²) in [6, 6.07) is 9.65. The number of halogens is 1. The molecule has 33 heavy (non-hydrogen) atoms. The SMILES string of the molecule is COC(=O)c1c(N2C(=O)[C@H]3[C@H](ON(c4ccc(Cl)cc4)[C@H]3c3ccco3)C2=O)sc(C)c1C. The minimum Gasteiger partial charge on any atom is -0.467 e. The third kappa shape index (κ3) is 3.26. The number of benzene rings is 1. The van der Waals surface area contributed by atoms with E-state index >= 15 is 0 Å². The smallest absolute Gasteiger partial charge is 0.341 e. The second-order valence-electron chi connectivity index (χ2n) is 7.78. The van der Waals surface area contributed by atoms with Crippen molar-refractivity contribution in [1.29, 1.82) is 0 Å². The summed E-state index contributed by atoms with van der Waals surface area (Å²) in [5.41, 5.74) is 1.51. The molecule has 0 unspecified atom stereocenters. The summed E-state index contributed by atoms with van der Waals surface area (Å²) in [4.78, 5) is 47.6. The average Bonchev–Trinajstić information content (AvgIpc) is 3.55. The van der Waals surface area contributed by atoms with E-state index in [2.05, 4.69) is 0 Å². The van der Waals surface area contributed by atoms with E-state index in [-0.39, 0.29) is 10.6 Å². The molecule has 2 amide bonds. The maximum absolute atomic E-state index is 13.7. The number of aryl methyl sites for hydroxylation is 1. The van der Waals surface area contributed by atoms with Crippen molar-refractivity contribution < 1.29 is 28.4 Å². The number of imide groups is 1. The summed E-state index contributed by atoms with van der Waals surface area (Å²) in [7, 11) is 1.26. The van der Waals surface area contributed by atoms with E-state index in [0.717, 1.165) is 9.78 Å². The molecule has 0 bridgehead atoms. The predicted molar refractivity (Wildman–Crippen MR) is 121 cm³/mol. The van der Waals surface area contributed by atoms with Crippen molar-refractivity contribution in [2.75, 3.05) is 17.1 Å². The van der Waals surface area contributed by atoms with Crippen LogP contribution in [0.2, 0.25) is 5.02 Å². The van der Waals surface area contributed by atoms with E-state index in [1.807, 2.05) is 6.92 Å². The van der Waals surface area contributed by atoms with Gasteiger partial charge in [-0.05, 0) is 55.8 Å². The summed E-state index contributed by atoms with van der Waals surface area (Å²) in [5.74, 6) is -1.99. The van der Waals surface area contributed by atoms with Gasteiger partial charge in [0, 0.05) is 9.90 Å². The quantitative estimate of drug-likeness (QED) is 0.397. The number of hydrogen-bond donors (Lipinski definition) is 0. The number of nitrogens with zero attached hydrogens (tertiary/aromatic N) is 2. The van der Waals surface area contributed by atoms with Gasteiger partial charge in [-0.25, -0.2) is 14.8 Å². The van der Waals surface area contributed by atoms with Gasteiger partial charge < -0.3 is 9.15 Å². The number of carbonyl (C=O) groups is 3. The summed E-state index contributed by atoms with van der Waals surface area (Å²) >= 11 is 7.22. The van der Waals surface area contributed by atoms with Crippen molar-refractivity contribution in [3.8, 4) is 0 Å². The highest BCUT2D eigenvalue weighted by Crippen LogP contribution is 2.49. The van der Waals surface area contributed by atoms with Crippen LogP contribution in [-0.4, -0.2) is 31.0 Å². The molecule has 0 saturated carbocycles. The minimum absolute atomic E-state index is 0.214. The molecule has 2 aliphatic heterocycles. The number of anilines is 2. The second-order valence-corrected chi connectivity index (χ2v) is 9.42. The third-order valence-electron chi connectivity index (χ3n) is 5.99. The van der Waals surface area contributed by atoms with Gasteiger partial charge in [0.25, 0.3) is 5.91 Å². The lowest BCUT2D eigenvalue weighted by molar-refractivity contribution is -0.126. The molecule has 3 atom stereocenters. The summed E-state index contributed by atoms with van der Waals surface area (Å²) < 4.78 is 10.5. The molecule has 8 nitrogen and oxygen atoms in total. The first kappa shape index (κ1) is 21.7. The average molecular weight is 487 g/mol.